The quantitative estimate of drug-likeness (QED) is 0.809. The van der Waals surface area contributed by atoms with Crippen LogP contribution in [0.3, 0.4) is 0 Å². The molecular weight excluding hydrogens is 276 g/mol. The summed E-state index contributed by atoms with van der Waals surface area (Å²) in [7, 11) is 0. The predicted molar refractivity (Wildman–Crippen MR) is 83.5 cm³/mol. The predicted octanol–water partition coefficient (Wildman–Crippen LogP) is 3.98. The molecule has 0 fully saturated rings. The Morgan fingerprint density at radius 3 is 2.65 bits per heavy atom. The lowest BCUT2D eigenvalue weighted by Gasteiger charge is -2.19. The summed E-state index contributed by atoms with van der Waals surface area (Å²) in [6.45, 7) is 8.84. The van der Waals surface area contributed by atoms with Crippen molar-refractivity contribution in [2.75, 3.05) is 18.4 Å². The number of amides is 1. The first-order chi connectivity index (χ1) is 9.29. The monoisotopic (exact) mass is 298 g/mol. The van der Waals surface area contributed by atoms with Gasteiger partial charge in [-0.1, -0.05) is 17.7 Å². The zero-order valence-electron chi connectivity index (χ0n) is 12.5. The second kappa shape index (κ2) is 7.39. The maximum Gasteiger partial charge on any atom is 0.407 e. The number of hydrogen-bond acceptors (Lipinski definition) is 3. The van der Waals surface area contributed by atoms with Crippen LogP contribution in [0.4, 0.5) is 10.5 Å². The Morgan fingerprint density at radius 2 is 2.00 bits per heavy atom. The highest BCUT2D eigenvalue weighted by molar-refractivity contribution is 6.31. The molecular formula is C15H23ClN2O2. The molecule has 4 nitrogen and oxygen atoms in total. The SMILES string of the molecule is Cc1c(Cl)cccc1NCCCNC(=O)OC(C)(C)C. The van der Waals surface area contributed by atoms with Gasteiger partial charge in [-0.15, -0.1) is 0 Å². The molecule has 0 radical (unpaired) electrons. The van der Waals surface area contributed by atoms with Crippen molar-refractivity contribution in [2.24, 2.45) is 0 Å². The number of nitrogens with one attached hydrogen (secondary N) is 2. The molecule has 0 atom stereocenters. The fourth-order valence-electron chi connectivity index (χ4n) is 1.62. The van der Waals surface area contributed by atoms with Gasteiger partial charge in [0.2, 0.25) is 0 Å². The van der Waals surface area contributed by atoms with Gasteiger partial charge in [0.1, 0.15) is 5.60 Å². The second-order valence-electron chi connectivity index (χ2n) is 5.62. The van der Waals surface area contributed by atoms with Crippen LogP contribution in [0.5, 0.6) is 0 Å². The summed E-state index contributed by atoms with van der Waals surface area (Å²) in [5.41, 5.74) is 1.60. The third-order valence-electron chi connectivity index (χ3n) is 2.60. The lowest BCUT2D eigenvalue weighted by molar-refractivity contribution is 0.0528. The first kappa shape index (κ1) is 16.6. The summed E-state index contributed by atoms with van der Waals surface area (Å²) in [5, 5.41) is 6.78. The third kappa shape index (κ3) is 6.15. The highest BCUT2D eigenvalue weighted by Gasteiger charge is 2.15. The molecule has 0 heterocycles. The van der Waals surface area contributed by atoms with E-state index in [9.17, 15) is 4.79 Å². The molecule has 0 aliphatic rings. The van der Waals surface area contributed by atoms with E-state index in [0.29, 0.717) is 6.54 Å². The number of halogens is 1. The van der Waals surface area contributed by atoms with E-state index in [2.05, 4.69) is 10.6 Å². The van der Waals surface area contributed by atoms with E-state index in [0.717, 1.165) is 29.2 Å². The van der Waals surface area contributed by atoms with Gasteiger partial charge in [0.15, 0.2) is 0 Å². The molecule has 112 valence electrons. The van der Waals surface area contributed by atoms with Crippen LogP contribution in [0, 0.1) is 6.92 Å². The van der Waals surface area contributed by atoms with Crippen LogP contribution in [0.2, 0.25) is 5.02 Å². The zero-order valence-corrected chi connectivity index (χ0v) is 13.3. The largest absolute Gasteiger partial charge is 0.444 e. The van der Waals surface area contributed by atoms with Crippen molar-refractivity contribution in [2.45, 2.75) is 39.7 Å². The Balaban J connectivity index is 2.23. The minimum absolute atomic E-state index is 0.378. The molecule has 0 saturated heterocycles. The van der Waals surface area contributed by atoms with E-state index in [-0.39, 0.29) is 6.09 Å². The first-order valence-electron chi connectivity index (χ1n) is 6.75. The number of ether oxygens (including phenoxy) is 1. The van der Waals surface area contributed by atoms with Crippen LogP contribution in [0.25, 0.3) is 0 Å². The Kier molecular flexibility index (Phi) is 6.14. The van der Waals surface area contributed by atoms with E-state index in [1.165, 1.54) is 0 Å². The van der Waals surface area contributed by atoms with Crippen LogP contribution in [-0.2, 0) is 4.74 Å². The van der Waals surface area contributed by atoms with Crippen LogP contribution >= 0.6 is 11.6 Å². The number of anilines is 1. The summed E-state index contributed by atoms with van der Waals surface area (Å²) in [5.74, 6) is 0. The van der Waals surface area contributed by atoms with Crippen LogP contribution in [0.1, 0.15) is 32.8 Å². The summed E-state index contributed by atoms with van der Waals surface area (Å²) in [6.07, 6.45) is 0.432. The molecule has 0 spiro atoms. The van der Waals surface area contributed by atoms with E-state index in [1.807, 2.05) is 45.9 Å². The van der Waals surface area contributed by atoms with Gasteiger partial charge in [0.05, 0.1) is 0 Å². The van der Waals surface area contributed by atoms with Crippen LogP contribution in [0.15, 0.2) is 18.2 Å². The highest BCUT2D eigenvalue weighted by Crippen LogP contribution is 2.22. The fraction of sp³-hybridized carbons (Fsp3) is 0.533. The molecule has 0 unspecified atom stereocenters. The summed E-state index contributed by atoms with van der Waals surface area (Å²) in [4.78, 5) is 11.4. The lowest BCUT2D eigenvalue weighted by Crippen LogP contribution is -2.33. The van der Waals surface area contributed by atoms with Crippen molar-refractivity contribution in [1.82, 2.24) is 5.32 Å². The summed E-state index contributed by atoms with van der Waals surface area (Å²) < 4.78 is 5.15. The van der Waals surface area contributed by atoms with Gasteiger partial charge in [0, 0.05) is 23.8 Å². The second-order valence-corrected chi connectivity index (χ2v) is 6.03. The van der Waals surface area contributed by atoms with Gasteiger partial charge < -0.3 is 15.4 Å². The van der Waals surface area contributed by atoms with Gasteiger partial charge in [0.25, 0.3) is 0 Å². The Morgan fingerprint density at radius 1 is 1.30 bits per heavy atom. The smallest absolute Gasteiger partial charge is 0.407 e. The van der Waals surface area contributed by atoms with Crippen molar-refractivity contribution < 1.29 is 9.53 Å². The van der Waals surface area contributed by atoms with Crippen molar-refractivity contribution in [1.29, 1.82) is 0 Å². The average molecular weight is 299 g/mol. The molecule has 0 aromatic heterocycles. The Bertz CT molecular complexity index is 456. The van der Waals surface area contributed by atoms with Gasteiger partial charge >= 0.3 is 6.09 Å². The topological polar surface area (TPSA) is 50.4 Å². The number of hydrogen-bond donors (Lipinski definition) is 2. The van der Waals surface area contributed by atoms with Crippen molar-refractivity contribution in [3.63, 3.8) is 0 Å². The maximum absolute atomic E-state index is 11.4. The van der Waals surface area contributed by atoms with Crippen molar-refractivity contribution in [3.05, 3.63) is 28.8 Å². The molecule has 1 aromatic rings. The van der Waals surface area contributed by atoms with Gasteiger partial charge in [-0.25, -0.2) is 4.79 Å². The molecule has 1 amide bonds. The van der Waals surface area contributed by atoms with Crippen molar-refractivity contribution in [3.8, 4) is 0 Å². The molecule has 1 rings (SSSR count). The van der Waals surface area contributed by atoms with E-state index in [4.69, 9.17) is 16.3 Å². The van der Waals surface area contributed by atoms with Crippen molar-refractivity contribution >= 4 is 23.4 Å². The lowest BCUT2D eigenvalue weighted by atomic mass is 10.2. The van der Waals surface area contributed by atoms with Crippen LogP contribution < -0.4 is 10.6 Å². The molecule has 1 aromatic carbocycles. The normalized spacial score (nSPS) is 11.1. The summed E-state index contributed by atoms with van der Waals surface area (Å²) in [6, 6.07) is 5.77. The first-order valence-corrected chi connectivity index (χ1v) is 7.13. The number of rotatable bonds is 5. The number of alkyl carbamates (subject to hydrolysis) is 1. The fourth-order valence-corrected chi connectivity index (χ4v) is 1.79. The number of carbonyl (C=O) groups excluding carboxylic acids is 1. The third-order valence-corrected chi connectivity index (χ3v) is 3.01. The van der Waals surface area contributed by atoms with E-state index in [1.54, 1.807) is 0 Å². The number of benzene rings is 1. The van der Waals surface area contributed by atoms with E-state index < -0.39 is 5.60 Å². The Hall–Kier alpha value is -1.42. The molecule has 5 heteroatoms. The van der Waals surface area contributed by atoms with E-state index >= 15 is 0 Å². The minimum atomic E-state index is -0.458. The van der Waals surface area contributed by atoms with Crippen LogP contribution in [-0.4, -0.2) is 24.8 Å². The standard InChI is InChI=1S/C15H23ClN2O2/c1-11-12(16)7-5-8-13(11)17-9-6-10-18-14(19)20-15(2,3)4/h5,7-8,17H,6,9-10H2,1-4H3,(H,18,19). The van der Waals surface area contributed by atoms with Gasteiger partial charge in [-0.05, 0) is 51.8 Å². The highest BCUT2D eigenvalue weighted by atomic mass is 35.5. The molecule has 20 heavy (non-hydrogen) atoms. The molecule has 0 bridgehead atoms. The molecule has 2 N–H and O–H groups in total. The molecule has 0 aliphatic carbocycles. The number of carbonyl (C=O) groups is 1. The molecule has 0 aliphatic heterocycles. The maximum atomic E-state index is 11.4. The van der Waals surface area contributed by atoms with Gasteiger partial charge in [-0.3, -0.25) is 0 Å². The molecule has 0 saturated carbocycles. The van der Waals surface area contributed by atoms with Gasteiger partial charge in [-0.2, -0.15) is 0 Å². The zero-order chi connectivity index (χ0) is 15.2. The average Bonchev–Trinajstić information content (AvgIpc) is 2.31. The summed E-state index contributed by atoms with van der Waals surface area (Å²) >= 11 is 6.04. The minimum Gasteiger partial charge on any atom is -0.444 e. The Labute approximate surface area is 125 Å².